The van der Waals surface area contributed by atoms with Crippen molar-refractivity contribution in [1.82, 2.24) is 10.2 Å². The monoisotopic (exact) mass is 270 g/mol. The van der Waals surface area contributed by atoms with Crippen LogP contribution in [0.25, 0.3) is 0 Å². The molecule has 0 saturated carbocycles. The molecule has 0 radical (unpaired) electrons. The van der Waals surface area contributed by atoms with Gasteiger partial charge in [-0.1, -0.05) is 34.6 Å². The second-order valence-electron chi connectivity index (χ2n) is 7.23. The van der Waals surface area contributed by atoms with E-state index < -0.39 is 0 Å². The Morgan fingerprint density at radius 1 is 1.11 bits per heavy atom. The molecular weight excluding hydrogens is 236 g/mol. The van der Waals surface area contributed by atoms with E-state index >= 15 is 0 Å². The van der Waals surface area contributed by atoms with Gasteiger partial charge in [0.1, 0.15) is 0 Å². The number of amides is 1. The summed E-state index contributed by atoms with van der Waals surface area (Å²) in [6, 6.07) is 0. The first-order valence-corrected chi connectivity index (χ1v) is 7.56. The summed E-state index contributed by atoms with van der Waals surface area (Å²) in [7, 11) is 2.00. The highest BCUT2D eigenvalue weighted by Gasteiger charge is 2.24. The molecule has 114 valence electrons. The summed E-state index contributed by atoms with van der Waals surface area (Å²) in [4.78, 5) is 14.3. The molecule has 3 nitrogen and oxygen atoms in total. The van der Waals surface area contributed by atoms with Crippen molar-refractivity contribution in [2.24, 2.45) is 17.8 Å². The highest BCUT2D eigenvalue weighted by atomic mass is 16.2. The van der Waals surface area contributed by atoms with Gasteiger partial charge in [-0.25, -0.2) is 0 Å². The molecule has 0 aliphatic heterocycles. The first kappa shape index (κ1) is 18.4. The molecule has 0 aromatic heterocycles. The Bertz CT molecular complexity index is 272. The quantitative estimate of drug-likeness (QED) is 0.735. The fraction of sp³-hybridized carbons (Fsp3) is 0.938. The number of nitrogens with zero attached hydrogens (tertiary/aromatic N) is 1. The van der Waals surface area contributed by atoms with Crippen molar-refractivity contribution in [3.63, 3.8) is 0 Å². The summed E-state index contributed by atoms with van der Waals surface area (Å²) < 4.78 is 0. The van der Waals surface area contributed by atoms with Gasteiger partial charge in [0, 0.05) is 24.5 Å². The summed E-state index contributed by atoms with van der Waals surface area (Å²) in [6.07, 6.45) is 1.07. The largest absolute Gasteiger partial charge is 0.342 e. The predicted molar refractivity (Wildman–Crippen MR) is 83.2 cm³/mol. The molecule has 1 unspecified atom stereocenters. The van der Waals surface area contributed by atoms with Crippen molar-refractivity contribution in [2.45, 2.75) is 60.4 Å². The zero-order valence-electron chi connectivity index (χ0n) is 14.2. The van der Waals surface area contributed by atoms with Crippen LogP contribution in [0.2, 0.25) is 0 Å². The SMILES string of the molecule is CNC(C)(C)CC(C)CN(CC(C)C)C(=O)C(C)C. The Labute approximate surface area is 120 Å². The zero-order valence-corrected chi connectivity index (χ0v) is 14.2. The maximum Gasteiger partial charge on any atom is 0.225 e. The molecule has 1 atom stereocenters. The molecule has 1 amide bonds. The number of nitrogens with one attached hydrogen (secondary N) is 1. The van der Waals surface area contributed by atoms with E-state index in [2.05, 4.69) is 39.9 Å². The Hall–Kier alpha value is -0.570. The smallest absolute Gasteiger partial charge is 0.225 e. The minimum absolute atomic E-state index is 0.0864. The van der Waals surface area contributed by atoms with Crippen LogP contribution in [0.15, 0.2) is 0 Å². The van der Waals surface area contributed by atoms with Crippen LogP contribution in [-0.2, 0) is 4.79 Å². The Balaban J connectivity index is 4.59. The van der Waals surface area contributed by atoms with E-state index in [4.69, 9.17) is 0 Å². The second kappa shape index (κ2) is 7.88. The van der Waals surface area contributed by atoms with Crippen molar-refractivity contribution >= 4 is 5.91 Å². The average Bonchev–Trinajstić information content (AvgIpc) is 2.25. The van der Waals surface area contributed by atoms with Crippen LogP contribution >= 0.6 is 0 Å². The number of hydrogen-bond acceptors (Lipinski definition) is 2. The first-order valence-electron chi connectivity index (χ1n) is 7.56. The van der Waals surface area contributed by atoms with Gasteiger partial charge in [0.25, 0.3) is 0 Å². The molecule has 19 heavy (non-hydrogen) atoms. The molecule has 0 aromatic rings. The van der Waals surface area contributed by atoms with Crippen molar-refractivity contribution in [3.05, 3.63) is 0 Å². The third-order valence-corrected chi connectivity index (χ3v) is 3.46. The van der Waals surface area contributed by atoms with E-state index in [0.29, 0.717) is 11.8 Å². The van der Waals surface area contributed by atoms with Crippen LogP contribution in [0.3, 0.4) is 0 Å². The van der Waals surface area contributed by atoms with E-state index in [1.165, 1.54) is 0 Å². The molecule has 0 aromatic carbocycles. The van der Waals surface area contributed by atoms with Gasteiger partial charge in [-0.05, 0) is 39.2 Å². The second-order valence-corrected chi connectivity index (χ2v) is 7.23. The summed E-state index contributed by atoms with van der Waals surface area (Å²) in [5, 5.41) is 3.33. The van der Waals surface area contributed by atoms with Gasteiger partial charge < -0.3 is 10.2 Å². The van der Waals surface area contributed by atoms with E-state index in [9.17, 15) is 4.79 Å². The van der Waals surface area contributed by atoms with Gasteiger partial charge >= 0.3 is 0 Å². The topological polar surface area (TPSA) is 32.3 Å². The summed E-state index contributed by atoms with van der Waals surface area (Å²) >= 11 is 0. The van der Waals surface area contributed by atoms with E-state index in [1.807, 2.05) is 25.8 Å². The Morgan fingerprint density at radius 2 is 1.63 bits per heavy atom. The van der Waals surface area contributed by atoms with Crippen molar-refractivity contribution in [3.8, 4) is 0 Å². The molecule has 0 rings (SSSR count). The van der Waals surface area contributed by atoms with E-state index in [0.717, 1.165) is 19.5 Å². The van der Waals surface area contributed by atoms with Gasteiger partial charge in [0.2, 0.25) is 5.91 Å². The van der Waals surface area contributed by atoms with Gasteiger partial charge in [-0.3, -0.25) is 4.79 Å². The summed E-state index contributed by atoms with van der Waals surface area (Å²) in [5.41, 5.74) is 0.129. The summed E-state index contributed by atoms with van der Waals surface area (Å²) in [6.45, 7) is 16.7. The third-order valence-electron chi connectivity index (χ3n) is 3.46. The lowest BCUT2D eigenvalue weighted by Crippen LogP contribution is -2.43. The lowest BCUT2D eigenvalue weighted by molar-refractivity contribution is -0.135. The van der Waals surface area contributed by atoms with Gasteiger partial charge in [0.15, 0.2) is 0 Å². The number of rotatable bonds is 8. The Morgan fingerprint density at radius 3 is 2.00 bits per heavy atom. The van der Waals surface area contributed by atoms with Crippen LogP contribution in [0.1, 0.15) is 54.9 Å². The van der Waals surface area contributed by atoms with Crippen molar-refractivity contribution in [1.29, 1.82) is 0 Å². The molecule has 0 heterocycles. The minimum atomic E-state index is 0.0864. The fourth-order valence-electron chi connectivity index (χ4n) is 2.47. The molecule has 0 saturated heterocycles. The minimum Gasteiger partial charge on any atom is -0.342 e. The molecule has 0 aliphatic rings. The van der Waals surface area contributed by atoms with Gasteiger partial charge in [-0.15, -0.1) is 0 Å². The lowest BCUT2D eigenvalue weighted by Gasteiger charge is -2.33. The van der Waals surface area contributed by atoms with Crippen molar-refractivity contribution < 1.29 is 4.79 Å². The molecular formula is C16H34N2O. The number of carbonyl (C=O) groups excluding carboxylic acids is 1. The lowest BCUT2D eigenvalue weighted by atomic mass is 9.91. The summed E-state index contributed by atoms with van der Waals surface area (Å²) in [5.74, 6) is 1.39. The highest BCUT2D eigenvalue weighted by Crippen LogP contribution is 2.18. The zero-order chi connectivity index (χ0) is 15.2. The molecule has 0 fully saturated rings. The van der Waals surface area contributed by atoms with Crippen LogP contribution in [0, 0.1) is 17.8 Å². The fourth-order valence-corrected chi connectivity index (χ4v) is 2.47. The predicted octanol–water partition coefficient (Wildman–Crippen LogP) is 3.15. The third kappa shape index (κ3) is 7.56. The molecule has 0 spiro atoms. The van der Waals surface area contributed by atoms with Crippen LogP contribution < -0.4 is 5.32 Å². The van der Waals surface area contributed by atoms with Crippen molar-refractivity contribution in [2.75, 3.05) is 20.1 Å². The number of carbonyl (C=O) groups is 1. The van der Waals surface area contributed by atoms with Crippen LogP contribution in [0.5, 0.6) is 0 Å². The first-order chi connectivity index (χ1) is 8.59. The highest BCUT2D eigenvalue weighted by molar-refractivity contribution is 5.78. The van der Waals surface area contributed by atoms with Gasteiger partial charge in [-0.2, -0.15) is 0 Å². The number of hydrogen-bond donors (Lipinski definition) is 1. The maximum atomic E-state index is 12.3. The normalized spacial score (nSPS) is 14.0. The van der Waals surface area contributed by atoms with Crippen LogP contribution in [0.4, 0.5) is 0 Å². The standard InChI is InChI=1S/C16H34N2O/c1-12(2)10-18(15(19)13(3)4)11-14(5)9-16(6,7)17-8/h12-14,17H,9-11H2,1-8H3. The van der Waals surface area contributed by atoms with Crippen LogP contribution in [-0.4, -0.2) is 36.5 Å². The maximum absolute atomic E-state index is 12.3. The molecule has 0 aliphatic carbocycles. The molecule has 0 bridgehead atoms. The molecule has 1 N–H and O–H groups in total. The molecule has 3 heteroatoms. The average molecular weight is 270 g/mol. The Kier molecular flexibility index (Phi) is 7.65. The van der Waals surface area contributed by atoms with E-state index in [1.54, 1.807) is 0 Å². The van der Waals surface area contributed by atoms with E-state index in [-0.39, 0.29) is 17.4 Å². The van der Waals surface area contributed by atoms with Gasteiger partial charge in [0.05, 0.1) is 0 Å².